The molecule has 0 radical (unpaired) electrons. The first kappa shape index (κ1) is 18.9. The third-order valence-corrected chi connectivity index (χ3v) is 5.58. The number of rotatable bonds is 5. The average Bonchev–Trinajstić information content (AvgIpc) is 3.35. The van der Waals surface area contributed by atoms with E-state index in [1.165, 1.54) is 0 Å². The van der Waals surface area contributed by atoms with Crippen molar-refractivity contribution in [3.8, 4) is 0 Å². The van der Waals surface area contributed by atoms with Crippen molar-refractivity contribution >= 4 is 11.7 Å². The number of hydrogen-bond acceptors (Lipinski definition) is 6. The average molecular weight is 385 g/mol. The van der Waals surface area contributed by atoms with Gasteiger partial charge in [-0.15, -0.1) is 0 Å². The van der Waals surface area contributed by atoms with Crippen LogP contribution in [-0.2, 0) is 23.1 Å². The van der Waals surface area contributed by atoms with Gasteiger partial charge in [-0.2, -0.15) is 0 Å². The van der Waals surface area contributed by atoms with E-state index in [2.05, 4.69) is 14.9 Å². The van der Waals surface area contributed by atoms with Gasteiger partial charge in [0.2, 0.25) is 0 Å². The molecular formula is C20H27N5O3. The van der Waals surface area contributed by atoms with Gasteiger partial charge in [0.1, 0.15) is 11.6 Å². The number of anilines is 1. The van der Waals surface area contributed by atoms with Crippen LogP contribution in [0.1, 0.15) is 35.9 Å². The number of hydrogen-bond donors (Lipinski definition) is 0. The predicted octanol–water partition coefficient (Wildman–Crippen LogP) is 1.82. The van der Waals surface area contributed by atoms with Crippen molar-refractivity contribution in [2.45, 2.75) is 32.1 Å². The Hall–Kier alpha value is -2.45. The Morgan fingerprint density at radius 1 is 1.21 bits per heavy atom. The standard InChI is InChI=1S/C20H27N5O3/c1-3-24(15-18-21-8-11-23(18)2)19(26)16-4-5-17(22-14-16)25-9-6-20(7-10-25)27-12-13-28-20/h4-5,8,11,14H,3,6-7,9-10,12-13,15H2,1-2H3. The van der Waals surface area contributed by atoms with E-state index in [9.17, 15) is 4.79 Å². The molecule has 0 saturated carbocycles. The van der Waals surface area contributed by atoms with Crippen LogP contribution in [0.3, 0.4) is 0 Å². The molecule has 4 rings (SSSR count). The van der Waals surface area contributed by atoms with Gasteiger partial charge in [-0.1, -0.05) is 0 Å². The highest BCUT2D eigenvalue weighted by Crippen LogP contribution is 2.32. The van der Waals surface area contributed by atoms with Crippen molar-refractivity contribution in [1.29, 1.82) is 0 Å². The third-order valence-electron chi connectivity index (χ3n) is 5.58. The van der Waals surface area contributed by atoms with E-state index in [0.29, 0.717) is 31.9 Å². The highest BCUT2D eigenvalue weighted by atomic mass is 16.7. The molecule has 0 N–H and O–H groups in total. The minimum absolute atomic E-state index is 0.0325. The van der Waals surface area contributed by atoms with Crippen LogP contribution >= 0.6 is 0 Å². The lowest BCUT2D eigenvalue weighted by Crippen LogP contribution is -2.45. The number of ether oxygens (including phenoxy) is 2. The zero-order valence-electron chi connectivity index (χ0n) is 16.5. The highest BCUT2D eigenvalue weighted by molar-refractivity contribution is 5.94. The molecule has 1 spiro atoms. The number of amides is 1. The van der Waals surface area contributed by atoms with Gasteiger partial charge >= 0.3 is 0 Å². The van der Waals surface area contributed by atoms with E-state index in [0.717, 1.165) is 37.6 Å². The van der Waals surface area contributed by atoms with Gasteiger partial charge in [-0.05, 0) is 19.1 Å². The number of carbonyl (C=O) groups is 1. The summed E-state index contributed by atoms with van der Waals surface area (Å²) in [5, 5.41) is 0. The molecule has 150 valence electrons. The molecule has 4 heterocycles. The fourth-order valence-corrected chi connectivity index (χ4v) is 3.79. The zero-order valence-corrected chi connectivity index (χ0v) is 16.5. The summed E-state index contributed by atoms with van der Waals surface area (Å²) in [6.07, 6.45) is 6.97. The van der Waals surface area contributed by atoms with Gasteiger partial charge in [0.15, 0.2) is 5.79 Å². The highest BCUT2D eigenvalue weighted by Gasteiger charge is 2.40. The van der Waals surface area contributed by atoms with Crippen LogP contribution < -0.4 is 4.90 Å². The number of piperidine rings is 1. The van der Waals surface area contributed by atoms with E-state index in [1.807, 2.05) is 36.9 Å². The molecule has 0 bridgehead atoms. The molecule has 2 aromatic heterocycles. The summed E-state index contributed by atoms with van der Waals surface area (Å²) < 4.78 is 13.5. The van der Waals surface area contributed by atoms with Gasteiger partial charge in [0, 0.05) is 58.1 Å². The minimum atomic E-state index is -0.390. The summed E-state index contributed by atoms with van der Waals surface area (Å²) in [4.78, 5) is 25.7. The van der Waals surface area contributed by atoms with Gasteiger partial charge < -0.3 is 23.8 Å². The first-order valence-electron chi connectivity index (χ1n) is 9.84. The Morgan fingerprint density at radius 2 is 1.96 bits per heavy atom. The van der Waals surface area contributed by atoms with Gasteiger partial charge in [-0.25, -0.2) is 9.97 Å². The van der Waals surface area contributed by atoms with Crippen LogP contribution in [0.2, 0.25) is 0 Å². The smallest absolute Gasteiger partial charge is 0.255 e. The maximum atomic E-state index is 12.9. The van der Waals surface area contributed by atoms with Gasteiger partial charge in [-0.3, -0.25) is 4.79 Å². The Morgan fingerprint density at radius 3 is 2.54 bits per heavy atom. The summed E-state index contributed by atoms with van der Waals surface area (Å²) in [5.41, 5.74) is 0.593. The van der Waals surface area contributed by atoms with E-state index >= 15 is 0 Å². The molecule has 28 heavy (non-hydrogen) atoms. The van der Waals surface area contributed by atoms with Crippen LogP contribution in [0.25, 0.3) is 0 Å². The van der Waals surface area contributed by atoms with Gasteiger partial charge in [0.25, 0.3) is 5.91 Å². The van der Waals surface area contributed by atoms with Crippen molar-refractivity contribution in [3.63, 3.8) is 0 Å². The maximum absolute atomic E-state index is 12.9. The van der Waals surface area contributed by atoms with Gasteiger partial charge in [0.05, 0.1) is 25.3 Å². The first-order valence-corrected chi connectivity index (χ1v) is 9.84. The molecule has 2 fully saturated rings. The fraction of sp³-hybridized carbons (Fsp3) is 0.550. The molecule has 0 unspecified atom stereocenters. The third kappa shape index (κ3) is 3.74. The molecule has 2 saturated heterocycles. The Balaban J connectivity index is 1.39. The number of imidazole rings is 1. The lowest BCUT2D eigenvalue weighted by atomic mass is 10.0. The maximum Gasteiger partial charge on any atom is 0.255 e. The van der Waals surface area contributed by atoms with Crippen LogP contribution in [0, 0.1) is 0 Å². The quantitative estimate of drug-likeness (QED) is 0.782. The summed E-state index contributed by atoms with van der Waals surface area (Å²) >= 11 is 0. The van der Waals surface area contributed by atoms with Crippen LogP contribution in [0.15, 0.2) is 30.7 Å². The fourth-order valence-electron chi connectivity index (χ4n) is 3.79. The van der Waals surface area contributed by atoms with Crippen molar-refractivity contribution in [1.82, 2.24) is 19.4 Å². The summed E-state index contributed by atoms with van der Waals surface area (Å²) in [7, 11) is 1.93. The Labute approximate surface area is 165 Å². The first-order chi connectivity index (χ1) is 13.6. The summed E-state index contributed by atoms with van der Waals surface area (Å²) in [6, 6.07) is 3.79. The molecule has 2 aromatic rings. The van der Waals surface area contributed by atoms with Crippen LogP contribution in [-0.4, -0.2) is 64.0 Å². The van der Waals surface area contributed by atoms with Crippen LogP contribution in [0.4, 0.5) is 5.82 Å². The van der Waals surface area contributed by atoms with E-state index in [1.54, 1.807) is 17.3 Å². The SMILES string of the molecule is CCN(Cc1nccn1C)C(=O)c1ccc(N2CCC3(CC2)OCCO3)nc1. The number of carbonyl (C=O) groups excluding carboxylic acids is 1. The second kappa shape index (κ2) is 7.89. The van der Waals surface area contributed by atoms with Crippen molar-refractivity contribution in [3.05, 3.63) is 42.1 Å². The Bertz CT molecular complexity index is 804. The van der Waals surface area contributed by atoms with E-state index < -0.39 is 0 Å². The molecule has 8 nitrogen and oxygen atoms in total. The Kier molecular flexibility index (Phi) is 5.32. The van der Waals surface area contributed by atoms with E-state index in [-0.39, 0.29) is 11.7 Å². The summed E-state index contributed by atoms with van der Waals surface area (Å²) in [6.45, 7) is 6.10. The topological polar surface area (TPSA) is 72.7 Å². The molecule has 0 aliphatic carbocycles. The second-order valence-electron chi connectivity index (χ2n) is 7.27. The molecule has 2 aliphatic rings. The van der Waals surface area contributed by atoms with Crippen LogP contribution in [0.5, 0.6) is 0 Å². The number of aromatic nitrogens is 3. The minimum Gasteiger partial charge on any atom is -0.356 e. The molecule has 8 heteroatoms. The monoisotopic (exact) mass is 385 g/mol. The number of pyridine rings is 1. The van der Waals surface area contributed by atoms with Crippen molar-refractivity contribution in [2.24, 2.45) is 7.05 Å². The lowest BCUT2D eigenvalue weighted by Gasteiger charge is -2.38. The van der Waals surface area contributed by atoms with Crippen molar-refractivity contribution in [2.75, 3.05) is 37.7 Å². The molecule has 1 amide bonds. The van der Waals surface area contributed by atoms with E-state index in [4.69, 9.17) is 9.47 Å². The number of aryl methyl sites for hydroxylation is 1. The summed E-state index contributed by atoms with van der Waals surface area (Å²) in [5.74, 6) is 1.32. The lowest BCUT2D eigenvalue weighted by molar-refractivity contribution is -0.169. The predicted molar refractivity (Wildman–Crippen MR) is 104 cm³/mol. The second-order valence-corrected chi connectivity index (χ2v) is 7.27. The molecule has 0 atom stereocenters. The zero-order chi connectivity index (χ0) is 19.6. The largest absolute Gasteiger partial charge is 0.356 e. The molecule has 0 aromatic carbocycles. The molecular weight excluding hydrogens is 358 g/mol. The molecule has 2 aliphatic heterocycles. The number of nitrogens with zero attached hydrogens (tertiary/aromatic N) is 5. The normalized spacial score (nSPS) is 18.6. The van der Waals surface area contributed by atoms with Crippen molar-refractivity contribution < 1.29 is 14.3 Å².